The number of rotatable bonds is 6. The topological polar surface area (TPSA) is 75.6 Å². The average Bonchev–Trinajstić information content (AvgIpc) is 2.14. The van der Waals surface area contributed by atoms with Crippen LogP contribution >= 0.6 is 0 Å². The standard InChI is InChI=1S/C9H17NO4/c1-3-7(6-11)10-8(12)5-9(13)14-4-2/h7,11H,3-6H2,1-2H3,(H,10,12). The fourth-order valence-corrected chi connectivity index (χ4v) is 0.899. The first-order chi connectivity index (χ1) is 6.63. The second kappa shape index (κ2) is 7.32. The molecule has 0 aliphatic carbocycles. The molecule has 0 aromatic heterocycles. The van der Waals surface area contributed by atoms with Crippen molar-refractivity contribution in [2.45, 2.75) is 32.7 Å². The molecule has 0 heterocycles. The Morgan fingerprint density at radius 3 is 2.50 bits per heavy atom. The largest absolute Gasteiger partial charge is 0.466 e. The molecule has 1 atom stereocenters. The highest BCUT2D eigenvalue weighted by atomic mass is 16.5. The van der Waals surface area contributed by atoms with E-state index in [9.17, 15) is 9.59 Å². The molecule has 0 rings (SSSR count). The third-order valence-electron chi connectivity index (χ3n) is 1.69. The van der Waals surface area contributed by atoms with Crippen LogP contribution in [0.4, 0.5) is 0 Å². The van der Waals surface area contributed by atoms with Gasteiger partial charge in [0.05, 0.1) is 19.3 Å². The maximum Gasteiger partial charge on any atom is 0.315 e. The van der Waals surface area contributed by atoms with Crippen molar-refractivity contribution in [2.75, 3.05) is 13.2 Å². The Hall–Kier alpha value is -1.10. The Balaban J connectivity index is 3.79. The lowest BCUT2D eigenvalue weighted by molar-refractivity contribution is -0.146. The van der Waals surface area contributed by atoms with E-state index in [-0.39, 0.29) is 25.7 Å². The van der Waals surface area contributed by atoms with Crippen molar-refractivity contribution >= 4 is 11.9 Å². The van der Waals surface area contributed by atoms with Gasteiger partial charge in [-0.25, -0.2) is 0 Å². The fraction of sp³-hybridized carbons (Fsp3) is 0.778. The third-order valence-corrected chi connectivity index (χ3v) is 1.69. The molecular formula is C9H17NO4. The molecule has 0 aliphatic rings. The van der Waals surface area contributed by atoms with Crippen LogP contribution in [0, 0.1) is 0 Å². The molecule has 0 spiro atoms. The zero-order valence-electron chi connectivity index (χ0n) is 8.58. The highest BCUT2D eigenvalue weighted by Crippen LogP contribution is 1.92. The number of ether oxygens (including phenoxy) is 1. The fourth-order valence-electron chi connectivity index (χ4n) is 0.899. The third kappa shape index (κ3) is 5.53. The van der Waals surface area contributed by atoms with Crippen LogP contribution in [0.2, 0.25) is 0 Å². The van der Waals surface area contributed by atoms with E-state index in [1.807, 2.05) is 6.92 Å². The number of amides is 1. The summed E-state index contributed by atoms with van der Waals surface area (Å²) in [6, 6.07) is -0.281. The summed E-state index contributed by atoms with van der Waals surface area (Å²) >= 11 is 0. The number of nitrogens with one attached hydrogen (secondary N) is 1. The Kier molecular flexibility index (Phi) is 6.74. The molecule has 0 bridgehead atoms. The van der Waals surface area contributed by atoms with Crippen LogP contribution in [-0.2, 0) is 14.3 Å². The summed E-state index contributed by atoms with van der Waals surface area (Å²) in [5.41, 5.74) is 0. The van der Waals surface area contributed by atoms with Gasteiger partial charge in [0.2, 0.25) is 5.91 Å². The maximum absolute atomic E-state index is 11.1. The van der Waals surface area contributed by atoms with Gasteiger partial charge in [0.1, 0.15) is 6.42 Å². The maximum atomic E-state index is 11.1. The molecule has 0 aromatic rings. The molecule has 2 N–H and O–H groups in total. The first-order valence-electron chi connectivity index (χ1n) is 4.69. The number of hydrogen-bond donors (Lipinski definition) is 2. The molecule has 1 unspecified atom stereocenters. The van der Waals surface area contributed by atoms with Crippen molar-refractivity contribution in [3.05, 3.63) is 0 Å². The summed E-state index contributed by atoms with van der Waals surface area (Å²) in [6.07, 6.45) is 0.343. The smallest absolute Gasteiger partial charge is 0.315 e. The van der Waals surface area contributed by atoms with Gasteiger partial charge in [-0.2, -0.15) is 0 Å². The first-order valence-corrected chi connectivity index (χ1v) is 4.69. The van der Waals surface area contributed by atoms with Gasteiger partial charge in [-0.3, -0.25) is 9.59 Å². The summed E-state index contributed by atoms with van der Waals surface area (Å²) in [6.45, 7) is 3.66. The number of carbonyl (C=O) groups excluding carboxylic acids is 2. The minimum atomic E-state index is -0.544. The van der Waals surface area contributed by atoms with Gasteiger partial charge >= 0.3 is 5.97 Å². The molecule has 0 saturated heterocycles. The van der Waals surface area contributed by atoms with Gasteiger partial charge < -0.3 is 15.2 Å². The predicted octanol–water partition coefficient (Wildman–Crippen LogP) is -0.173. The number of aliphatic hydroxyl groups excluding tert-OH is 1. The van der Waals surface area contributed by atoms with E-state index in [0.29, 0.717) is 6.42 Å². The Bertz CT molecular complexity index is 189. The van der Waals surface area contributed by atoms with Gasteiger partial charge in [0.25, 0.3) is 0 Å². The van der Waals surface area contributed by atoms with Crippen molar-refractivity contribution in [3.63, 3.8) is 0 Å². The normalized spacial score (nSPS) is 11.9. The van der Waals surface area contributed by atoms with Gasteiger partial charge in [-0.05, 0) is 13.3 Å². The molecule has 1 amide bonds. The minimum Gasteiger partial charge on any atom is -0.466 e. The molecule has 5 nitrogen and oxygen atoms in total. The van der Waals surface area contributed by atoms with Gasteiger partial charge in [-0.1, -0.05) is 6.92 Å². The zero-order chi connectivity index (χ0) is 11.0. The van der Waals surface area contributed by atoms with E-state index < -0.39 is 11.9 Å². The highest BCUT2D eigenvalue weighted by Gasteiger charge is 2.13. The summed E-state index contributed by atoms with van der Waals surface area (Å²) in [5.74, 6) is -0.956. The molecule has 82 valence electrons. The van der Waals surface area contributed by atoms with Crippen LogP contribution < -0.4 is 5.32 Å². The van der Waals surface area contributed by atoms with E-state index in [0.717, 1.165) is 0 Å². The lowest BCUT2D eigenvalue weighted by atomic mass is 10.2. The van der Waals surface area contributed by atoms with E-state index in [1.165, 1.54) is 0 Å². The average molecular weight is 203 g/mol. The van der Waals surface area contributed by atoms with Gasteiger partial charge in [-0.15, -0.1) is 0 Å². The monoisotopic (exact) mass is 203 g/mol. The van der Waals surface area contributed by atoms with E-state index in [4.69, 9.17) is 5.11 Å². The van der Waals surface area contributed by atoms with Crippen LogP contribution in [-0.4, -0.2) is 36.2 Å². The van der Waals surface area contributed by atoms with E-state index in [1.54, 1.807) is 6.92 Å². The summed E-state index contributed by atoms with van der Waals surface area (Å²) < 4.78 is 4.60. The van der Waals surface area contributed by atoms with Gasteiger partial charge in [0, 0.05) is 0 Å². The Labute approximate surface area is 83.4 Å². The highest BCUT2D eigenvalue weighted by molar-refractivity contribution is 5.94. The molecular weight excluding hydrogens is 186 g/mol. The predicted molar refractivity (Wildman–Crippen MR) is 50.6 cm³/mol. The van der Waals surface area contributed by atoms with Crippen molar-refractivity contribution in [1.82, 2.24) is 5.32 Å². The number of hydrogen-bond acceptors (Lipinski definition) is 4. The lowest BCUT2D eigenvalue weighted by Crippen LogP contribution is -2.38. The second-order valence-corrected chi connectivity index (χ2v) is 2.84. The molecule has 5 heteroatoms. The van der Waals surface area contributed by atoms with E-state index in [2.05, 4.69) is 10.1 Å². The number of carbonyl (C=O) groups is 2. The first kappa shape index (κ1) is 12.9. The molecule has 0 fully saturated rings. The zero-order valence-corrected chi connectivity index (χ0v) is 8.58. The van der Waals surface area contributed by atoms with Crippen LogP contribution in [0.3, 0.4) is 0 Å². The van der Waals surface area contributed by atoms with Gasteiger partial charge in [0.15, 0.2) is 0 Å². The molecule has 0 saturated carbocycles. The number of aliphatic hydroxyl groups is 1. The SMILES string of the molecule is CCOC(=O)CC(=O)NC(CC)CO. The molecule has 0 aromatic carbocycles. The Morgan fingerprint density at radius 1 is 1.43 bits per heavy atom. The molecule has 0 radical (unpaired) electrons. The van der Waals surface area contributed by atoms with Crippen LogP contribution in [0.25, 0.3) is 0 Å². The minimum absolute atomic E-state index is 0.120. The van der Waals surface area contributed by atoms with E-state index >= 15 is 0 Å². The Morgan fingerprint density at radius 2 is 2.07 bits per heavy atom. The number of esters is 1. The summed E-state index contributed by atoms with van der Waals surface area (Å²) in [7, 11) is 0. The van der Waals surface area contributed by atoms with Crippen molar-refractivity contribution in [1.29, 1.82) is 0 Å². The summed E-state index contributed by atoms with van der Waals surface area (Å²) in [5, 5.41) is 11.3. The van der Waals surface area contributed by atoms with Crippen molar-refractivity contribution < 1.29 is 19.4 Å². The quantitative estimate of drug-likeness (QED) is 0.464. The van der Waals surface area contributed by atoms with Crippen LogP contribution in [0.1, 0.15) is 26.7 Å². The van der Waals surface area contributed by atoms with Crippen molar-refractivity contribution in [3.8, 4) is 0 Å². The van der Waals surface area contributed by atoms with Crippen LogP contribution in [0.5, 0.6) is 0 Å². The summed E-state index contributed by atoms with van der Waals surface area (Å²) in [4.78, 5) is 22.0. The van der Waals surface area contributed by atoms with Crippen molar-refractivity contribution in [2.24, 2.45) is 0 Å². The molecule has 0 aliphatic heterocycles. The lowest BCUT2D eigenvalue weighted by Gasteiger charge is -2.13. The molecule has 14 heavy (non-hydrogen) atoms. The van der Waals surface area contributed by atoms with Crippen LogP contribution in [0.15, 0.2) is 0 Å². The second-order valence-electron chi connectivity index (χ2n) is 2.84.